The first kappa shape index (κ1) is 28.3. The number of benzene rings is 1. The van der Waals surface area contributed by atoms with E-state index in [0.29, 0.717) is 24.0 Å². The topological polar surface area (TPSA) is 94.1 Å². The van der Waals surface area contributed by atoms with E-state index < -0.39 is 21.7 Å². The Morgan fingerprint density at radius 2 is 1.50 bits per heavy atom. The van der Waals surface area contributed by atoms with Crippen molar-refractivity contribution in [3.63, 3.8) is 0 Å². The zero-order valence-corrected chi connectivity index (χ0v) is 24.2. The van der Waals surface area contributed by atoms with E-state index in [1.807, 2.05) is 0 Å². The van der Waals surface area contributed by atoms with Crippen LogP contribution < -0.4 is 4.74 Å². The number of hydrogen-bond donors (Lipinski definition) is 0. The van der Waals surface area contributed by atoms with Gasteiger partial charge in [0.15, 0.2) is 0 Å². The summed E-state index contributed by atoms with van der Waals surface area (Å²) in [6.07, 6.45) is 12.2. The van der Waals surface area contributed by atoms with Gasteiger partial charge in [0.1, 0.15) is 5.75 Å². The maximum atomic E-state index is 9.08. The normalized spacial score (nSPS) is 37.9. The van der Waals surface area contributed by atoms with Crippen molar-refractivity contribution >= 4 is 10.1 Å². The molecule has 0 N–H and O–H groups in total. The van der Waals surface area contributed by atoms with E-state index >= 15 is 0 Å². The summed E-state index contributed by atoms with van der Waals surface area (Å²) in [6.45, 7) is 1.90. The van der Waals surface area contributed by atoms with Crippen molar-refractivity contribution in [1.82, 2.24) is 0 Å². The van der Waals surface area contributed by atoms with Gasteiger partial charge in [0.05, 0.1) is 44.4 Å². The lowest BCUT2D eigenvalue weighted by Crippen LogP contribution is -2.59. The van der Waals surface area contributed by atoms with Crippen molar-refractivity contribution in [3.8, 4) is 5.75 Å². The molecule has 0 amide bonds. The Labute approximate surface area is 228 Å². The van der Waals surface area contributed by atoms with Gasteiger partial charge in [0.2, 0.25) is 11.6 Å². The molecule has 6 fully saturated rings. The Kier molecular flexibility index (Phi) is 7.92. The van der Waals surface area contributed by atoms with Gasteiger partial charge in [-0.3, -0.25) is 0 Å². The highest BCUT2D eigenvalue weighted by Gasteiger charge is 2.66. The van der Waals surface area contributed by atoms with Crippen molar-refractivity contribution < 1.29 is 36.7 Å². The van der Waals surface area contributed by atoms with Crippen molar-refractivity contribution in [2.75, 3.05) is 40.6 Å². The molecule has 8 nitrogen and oxygen atoms in total. The minimum Gasteiger partial charge on any atom is -0.748 e. The molecule has 0 radical (unpaired) electrons. The maximum Gasteiger partial charge on any atom is 0.210 e. The highest BCUT2D eigenvalue weighted by atomic mass is 32.2. The predicted octanol–water partition coefficient (Wildman–Crippen LogP) is 4.81. The molecule has 38 heavy (non-hydrogen) atoms. The zero-order valence-electron chi connectivity index (χ0n) is 23.4. The van der Waals surface area contributed by atoms with Crippen LogP contribution >= 0.6 is 0 Å². The van der Waals surface area contributed by atoms with Gasteiger partial charge in [-0.1, -0.05) is 12.1 Å². The third-order valence-electron chi connectivity index (χ3n) is 9.29. The Morgan fingerprint density at radius 1 is 0.947 bits per heavy atom. The van der Waals surface area contributed by atoms with Gasteiger partial charge >= 0.3 is 0 Å². The fourth-order valence-corrected chi connectivity index (χ4v) is 7.75. The van der Waals surface area contributed by atoms with E-state index in [-0.39, 0.29) is 0 Å². The molecule has 0 atom stereocenters. The first-order valence-electron chi connectivity index (χ1n) is 14.3. The molecule has 1 heterocycles. The smallest absolute Gasteiger partial charge is 0.210 e. The van der Waals surface area contributed by atoms with Crippen LogP contribution in [0.1, 0.15) is 75.7 Å². The molecule has 0 unspecified atom stereocenters. The van der Waals surface area contributed by atoms with Crippen molar-refractivity contribution in [2.24, 2.45) is 23.7 Å². The minimum atomic E-state index is -3.92. The zero-order chi connectivity index (χ0) is 27.2. The lowest BCUT2D eigenvalue weighted by molar-refractivity contribution is -0.870. The molecular formula is C29H45NO7S. The molecule has 7 rings (SSSR count). The van der Waals surface area contributed by atoms with E-state index in [1.54, 1.807) is 0 Å². The molecule has 5 aliphatic carbocycles. The highest BCUT2D eigenvalue weighted by molar-refractivity contribution is 7.84. The lowest BCUT2D eigenvalue weighted by Gasteiger charge is -2.57. The summed E-state index contributed by atoms with van der Waals surface area (Å²) in [5, 5.41) is 0. The average molecular weight is 552 g/mol. The van der Waals surface area contributed by atoms with Crippen LogP contribution in [0.2, 0.25) is 0 Å². The molecule has 6 aliphatic rings. The van der Waals surface area contributed by atoms with Crippen LogP contribution in [0, 0.1) is 23.7 Å². The average Bonchev–Trinajstić information content (AvgIpc) is 3.19. The van der Waals surface area contributed by atoms with Crippen LogP contribution in [0.25, 0.3) is 0 Å². The Balaban J connectivity index is 0.000000540. The summed E-state index contributed by atoms with van der Waals surface area (Å²) < 4.78 is 41.0. The molecule has 2 spiro atoms. The third kappa shape index (κ3) is 6.56. The molecule has 1 aromatic carbocycles. The van der Waals surface area contributed by atoms with Crippen LogP contribution in [0.4, 0.5) is 0 Å². The molecular weight excluding hydrogens is 506 g/mol. The second-order valence-electron chi connectivity index (χ2n) is 13.5. The predicted molar refractivity (Wildman–Crippen MR) is 142 cm³/mol. The first-order chi connectivity index (χ1) is 17.8. The molecule has 1 aromatic rings. The largest absolute Gasteiger partial charge is 0.748 e. The summed E-state index contributed by atoms with van der Waals surface area (Å²) in [6, 6.07) is 8.79. The van der Waals surface area contributed by atoms with Crippen LogP contribution in [0.3, 0.4) is 0 Å². The molecule has 1 saturated heterocycles. The Hall–Kier alpha value is -1.23. The van der Waals surface area contributed by atoms with Crippen LogP contribution in [-0.2, 0) is 24.6 Å². The van der Waals surface area contributed by atoms with Crippen LogP contribution in [0.5, 0.6) is 5.75 Å². The van der Waals surface area contributed by atoms with E-state index in [2.05, 4.69) is 45.4 Å². The molecule has 4 bridgehead atoms. The number of quaternary nitrogens is 1. The van der Waals surface area contributed by atoms with Gasteiger partial charge in [0.25, 0.3) is 0 Å². The quantitative estimate of drug-likeness (QED) is 0.217. The number of rotatable bonds is 6. The van der Waals surface area contributed by atoms with Crippen LogP contribution in [0.15, 0.2) is 24.3 Å². The standard InChI is InChI=1S/C28H42NO4.CH4O3S/c1-29(2,3)13-4-14-30-26-7-5-22(6-8-26)23-9-11-27(12-10-23)31-28(33-32-27)24-16-20-15-21(18-24)19-25(28)17-20;1-5(2,3)4/h5-8,20-21,23-25H,4,9-19H2,1-3H3;1H3,(H,2,3,4)/q+1;/p-1. The van der Waals surface area contributed by atoms with Gasteiger partial charge in [-0.25, -0.2) is 8.42 Å². The molecule has 214 valence electrons. The summed E-state index contributed by atoms with van der Waals surface area (Å²) in [5.74, 6) is 3.48. The monoisotopic (exact) mass is 551 g/mol. The van der Waals surface area contributed by atoms with Gasteiger partial charge in [-0.2, -0.15) is 9.78 Å². The second-order valence-corrected chi connectivity index (χ2v) is 14.9. The first-order valence-corrected chi connectivity index (χ1v) is 16.2. The highest BCUT2D eigenvalue weighted by Crippen LogP contribution is 2.64. The van der Waals surface area contributed by atoms with Crippen molar-refractivity contribution in [2.45, 2.75) is 81.7 Å². The summed E-state index contributed by atoms with van der Waals surface area (Å²) in [5.41, 5.74) is 1.41. The van der Waals surface area contributed by atoms with Crippen LogP contribution in [-0.4, -0.2) is 69.6 Å². The number of ether oxygens (including phenoxy) is 2. The molecule has 9 heteroatoms. The summed E-state index contributed by atoms with van der Waals surface area (Å²) >= 11 is 0. The van der Waals surface area contributed by atoms with Gasteiger partial charge in [0, 0.05) is 37.4 Å². The molecule has 1 aliphatic heterocycles. The van der Waals surface area contributed by atoms with Gasteiger partial charge in [-0.05, 0) is 80.4 Å². The number of hydrogen-bond acceptors (Lipinski definition) is 7. The van der Waals surface area contributed by atoms with Crippen molar-refractivity contribution in [1.29, 1.82) is 0 Å². The minimum absolute atomic E-state index is 0.439. The van der Waals surface area contributed by atoms with Gasteiger partial charge < -0.3 is 18.5 Å². The Bertz CT molecular complexity index is 1020. The molecule has 5 saturated carbocycles. The Morgan fingerprint density at radius 3 is 2.03 bits per heavy atom. The van der Waals surface area contributed by atoms with E-state index in [9.17, 15) is 0 Å². The van der Waals surface area contributed by atoms with E-state index in [4.69, 9.17) is 32.2 Å². The second kappa shape index (κ2) is 10.6. The fourth-order valence-electron chi connectivity index (χ4n) is 7.75. The summed E-state index contributed by atoms with van der Waals surface area (Å²) in [4.78, 5) is 12.3. The van der Waals surface area contributed by atoms with E-state index in [0.717, 1.165) is 67.3 Å². The summed E-state index contributed by atoms with van der Waals surface area (Å²) in [7, 11) is 2.75. The lowest BCUT2D eigenvalue weighted by atomic mass is 9.53. The number of nitrogens with zero attached hydrogens (tertiary/aromatic N) is 1. The van der Waals surface area contributed by atoms with E-state index in [1.165, 1.54) is 37.7 Å². The SMILES string of the molecule is CS(=O)(=O)[O-].C[N+](C)(C)CCCOc1ccc(C2CCC3(CC2)OOC2(O3)C3CC4CC(C3)CC2C4)cc1. The van der Waals surface area contributed by atoms with Gasteiger partial charge in [-0.15, -0.1) is 0 Å². The fraction of sp³-hybridized carbons (Fsp3) is 0.793. The molecule has 0 aromatic heterocycles. The van der Waals surface area contributed by atoms with Crippen molar-refractivity contribution in [3.05, 3.63) is 29.8 Å². The maximum absolute atomic E-state index is 9.08. The third-order valence-corrected chi connectivity index (χ3v) is 9.29.